The van der Waals surface area contributed by atoms with Crippen LogP contribution in [0.15, 0.2) is 30.3 Å². The normalized spacial score (nSPS) is 10.5. The van der Waals surface area contributed by atoms with Gasteiger partial charge in [-0.25, -0.2) is 0 Å². The van der Waals surface area contributed by atoms with E-state index in [4.69, 9.17) is 14.6 Å². The van der Waals surface area contributed by atoms with E-state index in [1.807, 2.05) is 30.3 Å². The van der Waals surface area contributed by atoms with E-state index in [0.717, 1.165) is 27.8 Å². The second kappa shape index (κ2) is 5.06. The van der Waals surface area contributed by atoms with Crippen molar-refractivity contribution in [2.75, 3.05) is 20.8 Å². The lowest BCUT2D eigenvalue weighted by molar-refractivity contribution is 0.297. The van der Waals surface area contributed by atoms with Crippen LogP contribution in [0, 0.1) is 0 Å². The molecule has 2 rings (SSSR count). The van der Waals surface area contributed by atoms with Gasteiger partial charge in [-0.3, -0.25) is 0 Å². The Morgan fingerprint density at radius 2 is 1.82 bits per heavy atom. The van der Waals surface area contributed by atoms with E-state index >= 15 is 0 Å². The van der Waals surface area contributed by atoms with Crippen molar-refractivity contribution in [1.82, 2.24) is 0 Å². The molecule has 0 atom stereocenters. The summed E-state index contributed by atoms with van der Waals surface area (Å²) < 4.78 is 10.8. The fourth-order valence-corrected chi connectivity index (χ4v) is 2.08. The number of aliphatic hydroxyl groups is 1. The minimum absolute atomic E-state index is 0.117. The van der Waals surface area contributed by atoms with Gasteiger partial charge in [-0.05, 0) is 18.1 Å². The highest BCUT2D eigenvalue weighted by atomic mass is 16.5. The molecule has 0 saturated heterocycles. The molecule has 0 fully saturated rings. The molecule has 2 aromatic carbocycles. The maximum absolute atomic E-state index is 9.03. The highest BCUT2D eigenvalue weighted by molar-refractivity contribution is 5.94. The second-order valence-electron chi connectivity index (χ2n) is 3.79. The van der Waals surface area contributed by atoms with Gasteiger partial charge in [-0.1, -0.05) is 24.3 Å². The van der Waals surface area contributed by atoms with Crippen molar-refractivity contribution in [2.24, 2.45) is 0 Å². The Morgan fingerprint density at radius 3 is 2.47 bits per heavy atom. The van der Waals surface area contributed by atoms with E-state index in [1.54, 1.807) is 14.2 Å². The summed E-state index contributed by atoms with van der Waals surface area (Å²) in [5.74, 6) is 1.65. The second-order valence-corrected chi connectivity index (χ2v) is 3.79. The minimum atomic E-state index is 0.117. The topological polar surface area (TPSA) is 38.7 Å². The maximum atomic E-state index is 9.03. The van der Waals surface area contributed by atoms with Gasteiger partial charge in [0.15, 0.2) is 0 Å². The zero-order valence-corrected chi connectivity index (χ0v) is 10.1. The van der Waals surface area contributed by atoms with Crippen LogP contribution >= 0.6 is 0 Å². The molecule has 0 aromatic heterocycles. The van der Waals surface area contributed by atoms with Gasteiger partial charge in [-0.15, -0.1) is 0 Å². The van der Waals surface area contributed by atoms with Crippen LogP contribution < -0.4 is 9.47 Å². The van der Waals surface area contributed by atoms with E-state index in [2.05, 4.69) is 0 Å². The number of benzene rings is 2. The van der Waals surface area contributed by atoms with Gasteiger partial charge in [0.2, 0.25) is 0 Å². The molecule has 0 saturated carbocycles. The molecule has 3 heteroatoms. The minimum Gasteiger partial charge on any atom is -0.496 e. The number of hydrogen-bond donors (Lipinski definition) is 1. The van der Waals surface area contributed by atoms with Crippen LogP contribution in [0.5, 0.6) is 11.5 Å². The van der Waals surface area contributed by atoms with Gasteiger partial charge < -0.3 is 14.6 Å². The predicted molar refractivity (Wildman–Crippen MR) is 67.8 cm³/mol. The molecule has 90 valence electrons. The number of aliphatic hydroxyl groups excluding tert-OH is 1. The first-order valence-corrected chi connectivity index (χ1v) is 5.55. The zero-order chi connectivity index (χ0) is 12.3. The molecule has 17 heavy (non-hydrogen) atoms. The van der Waals surface area contributed by atoms with E-state index in [1.165, 1.54) is 0 Å². The van der Waals surface area contributed by atoms with E-state index < -0.39 is 0 Å². The number of rotatable bonds is 4. The molecule has 3 nitrogen and oxygen atoms in total. The fourth-order valence-electron chi connectivity index (χ4n) is 2.08. The molecule has 0 aliphatic carbocycles. The predicted octanol–water partition coefficient (Wildman–Crippen LogP) is 2.39. The lowest BCUT2D eigenvalue weighted by atomic mass is 10.0. The summed E-state index contributed by atoms with van der Waals surface area (Å²) in [7, 11) is 3.30. The smallest absolute Gasteiger partial charge is 0.130 e. The van der Waals surface area contributed by atoms with Gasteiger partial charge in [0.05, 0.1) is 14.2 Å². The maximum Gasteiger partial charge on any atom is 0.130 e. The summed E-state index contributed by atoms with van der Waals surface area (Å²) in [6.07, 6.45) is 0.594. The van der Waals surface area contributed by atoms with Gasteiger partial charge in [0.25, 0.3) is 0 Å². The largest absolute Gasteiger partial charge is 0.496 e. The molecule has 0 radical (unpaired) electrons. The Hall–Kier alpha value is -1.74. The first kappa shape index (κ1) is 11.7. The third kappa shape index (κ3) is 2.06. The molecule has 0 bridgehead atoms. The Morgan fingerprint density at radius 1 is 1.00 bits per heavy atom. The molecule has 1 N–H and O–H groups in total. The highest BCUT2D eigenvalue weighted by Gasteiger charge is 2.10. The average Bonchev–Trinajstić information content (AvgIpc) is 2.38. The van der Waals surface area contributed by atoms with Gasteiger partial charge in [0, 0.05) is 17.4 Å². The van der Waals surface area contributed by atoms with E-state index in [-0.39, 0.29) is 6.61 Å². The molecule has 0 unspecified atom stereocenters. The third-order valence-electron chi connectivity index (χ3n) is 2.86. The number of fused-ring (bicyclic) bond motifs is 1. The van der Waals surface area contributed by atoms with Crippen LogP contribution in [0.2, 0.25) is 0 Å². The summed E-state index contributed by atoms with van der Waals surface area (Å²) in [6.45, 7) is 0.117. The summed E-state index contributed by atoms with van der Waals surface area (Å²) >= 11 is 0. The van der Waals surface area contributed by atoms with Crippen LogP contribution in [0.1, 0.15) is 5.56 Å². The van der Waals surface area contributed by atoms with Crippen LogP contribution in [0.25, 0.3) is 10.8 Å². The zero-order valence-electron chi connectivity index (χ0n) is 10.1. The fraction of sp³-hybridized carbons (Fsp3) is 0.286. The highest BCUT2D eigenvalue weighted by Crippen LogP contribution is 2.34. The number of ether oxygens (including phenoxy) is 2. The molecule has 0 heterocycles. The molecule has 0 spiro atoms. The standard InChI is InChI=1S/C14H16O3/c1-16-13-5-3-4-12-11(13)7-6-10(8-9-15)14(12)17-2/h3-7,15H,8-9H2,1-2H3. The Kier molecular flexibility index (Phi) is 3.49. The van der Waals surface area contributed by atoms with Crippen LogP contribution in [-0.2, 0) is 6.42 Å². The van der Waals surface area contributed by atoms with Gasteiger partial charge in [-0.2, -0.15) is 0 Å². The average molecular weight is 232 g/mol. The van der Waals surface area contributed by atoms with Crippen molar-refractivity contribution in [3.8, 4) is 11.5 Å². The lowest BCUT2D eigenvalue weighted by Gasteiger charge is -2.13. The van der Waals surface area contributed by atoms with Crippen molar-refractivity contribution in [2.45, 2.75) is 6.42 Å². The number of methoxy groups -OCH3 is 2. The summed E-state index contributed by atoms with van der Waals surface area (Å²) in [5, 5.41) is 11.1. The lowest BCUT2D eigenvalue weighted by Crippen LogP contribution is -1.97. The SMILES string of the molecule is COc1cccc2c(OC)c(CCO)ccc12. The molecular formula is C14H16O3. The summed E-state index contributed by atoms with van der Waals surface area (Å²) in [4.78, 5) is 0. The Bertz CT molecular complexity index is 520. The molecular weight excluding hydrogens is 216 g/mol. The van der Waals surface area contributed by atoms with Crippen molar-refractivity contribution in [3.63, 3.8) is 0 Å². The van der Waals surface area contributed by atoms with Gasteiger partial charge in [0.1, 0.15) is 11.5 Å². The van der Waals surface area contributed by atoms with Gasteiger partial charge >= 0.3 is 0 Å². The summed E-state index contributed by atoms with van der Waals surface area (Å²) in [6, 6.07) is 9.83. The summed E-state index contributed by atoms with van der Waals surface area (Å²) in [5.41, 5.74) is 1.01. The molecule has 0 aliphatic heterocycles. The van der Waals surface area contributed by atoms with Crippen molar-refractivity contribution < 1.29 is 14.6 Å². The van der Waals surface area contributed by atoms with Crippen LogP contribution in [0.4, 0.5) is 0 Å². The Labute approximate surface area is 101 Å². The monoisotopic (exact) mass is 232 g/mol. The van der Waals surface area contributed by atoms with Crippen molar-refractivity contribution in [3.05, 3.63) is 35.9 Å². The first-order valence-electron chi connectivity index (χ1n) is 5.55. The van der Waals surface area contributed by atoms with Crippen LogP contribution in [-0.4, -0.2) is 25.9 Å². The quantitative estimate of drug-likeness (QED) is 0.879. The van der Waals surface area contributed by atoms with Crippen LogP contribution in [0.3, 0.4) is 0 Å². The van der Waals surface area contributed by atoms with E-state index in [0.29, 0.717) is 6.42 Å². The van der Waals surface area contributed by atoms with Crippen molar-refractivity contribution >= 4 is 10.8 Å². The molecule has 0 aliphatic rings. The molecule has 2 aromatic rings. The third-order valence-corrected chi connectivity index (χ3v) is 2.86. The number of hydrogen-bond acceptors (Lipinski definition) is 3. The first-order chi connectivity index (χ1) is 8.31. The Balaban J connectivity index is 2.69. The van der Waals surface area contributed by atoms with Crippen molar-refractivity contribution in [1.29, 1.82) is 0 Å². The van der Waals surface area contributed by atoms with E-state index in [9.17, 15) is 0 Å². The molecule has 0 amide bonds.